The van der Waals surface area contributed by atoms with E-state index >= 15 is 0 Å². The number of anilines is 1. The Hall–Kier alpha value is -4.35. The van der Waals surface area contributed by atoms with E-state index in [4.69, 9.17) is 15.7 Å². The monoisotopic (exact) mass is 608 g/mol. The standard InChI is InChI=1S/C22H27NO2.C15H13NO4/c1-4-22(24)10-8-18-16-6-5-15-11-19-14(13-23-25-19)12-20(15,2)17(16)7-9-21(18,22)3;1-10(17)16-11-6-8-12(9-7-11)20-15(19)13-4-2-3-5-14(13)18/h1,11,13,16-18,24H,5-10,12H2,2-3H3;2-9,18H,1H3,(H,16,17). The number of allylic oxidation sites excluding steroid dienone is 1. The van der Waals surface area contributed by atoms with Crippen molar-refractivity contribution in [3.63, 3.8) is 0 Å². The quantitative estimate of drug-likeness (QED) is 0.170. The van der Waals surface area contributed by atoms with Gasteiger partial charge in [-0.05, 0) is 111 Å². The summed E-state index contributed by atoms with van der Waals surface area (Å²) in [6.45, 7) is 6.12. The zero-order valence-corrected chi connectivity index (χ0v) is 26.0. The normalized spacial score (nSPS) is 30.9. The number of benzene rings is 2. The Bertz CT molecular complexity index is 1680. The van der Waals surface area contributed by atoms with E-state index in [2.05, 4.69) is 36.3 Å². The van der Waals surface area contributed by atoms with Crippen LogP contribution in [0.5, 0.6) is 11.5 Å². The van der Waals surface area contributed by atoms with Crippen molar-refractivity contribution in [3.8, 4) is 23.8 Å². The highest BCUT2D eigenvalue weighted by Crippen LogP contribution is 2.67. The molecule has 7 rings (SSSR count). The molecule has 234 valence electrons. The second-order valence-electron chi connectivity index (χ2n) is 13.5. The van der Waals surface area contributed by atoms with Gasteiger partial charge in [0, 0.05) is 23.6 Å². The first kappa shape index (κ1) is 30.7. The fourth-order valence-corrected chi connectivity index (χ4v) is 8.75. The molecule has 3 aromatic rings. The second kappa shape index (κ2) is 11.5. The van der Waals surface area contributed by atoms with Gasteiger partial charge in [-0.1, -0.05) is 42.6 Å². The fraction of sp³-hybridized carbons (Fsp3) is 0.432. The van der Waals surface area contributed by atoms with E-state index < -0.39 is 11.6 Å². The first-order chi connectivity index (χ1) is 21.5. The molecule has 8 nitrogen and oxygen atoms in total. The number of carbonyl (C=O) groups is 2. The van der Waals surface area contributed by atoms with Crippen LogP contribution in [0, 0.1) is 40.9 Å². The van der Waals surface area contributed by atoms with Crippen molar-refractivity contribution < 1.29 is 29.1 Å². The van der Waals surface area contributed by atoms with Gasteiger partial charge in [-0.3, -0.25) is 4.79 Å². The van der Waals surface area contributed by atoms with Crippen LogP contribution >= 0.6 is 0 Å². The lowest BCUT2D eigenvalue weighted by molar-refractivity contribution is -0.114. The Morgan fingerprint density at radius 1 is 1.07 bits per heavy atom. The van der Waals surface area contributed by atoms with Gasteiger partial charge in [-0.15, -0.1) is 6.42 Å². The van der Waals surface area contributed by atoms with E-state index in [0.717, 1.165) is 44.3 Å². The van der Waals surface area contributed by atoms with Gasteiger partial charge in [0.05, 0.1) is 6.20 Å². The average molecular weight is 609 g/mol. The van der Waals surface area contributed by atoms with Gasteiger partial charge in [0.25, 0.3) is 0 Å². The topological polar surface area (TPSA) is 122 Å². The Kier molecular flexibility index (Phi) is 7.86. The van der Waals surface area contributed by atoms with Crippen LogP contribution in [-0.2, 0) is 11.2 Å². The number of aromatic nitrogens is 1. The summed E-state index contributed by atoms with van der Waals surface area (Å²) in [5, 5.41) is 27.3. The SMILES string of the molecule is C#CC1(O)CCC2C3CCC4=Cc5oncc5CC4(C)C3CCC21C.CC(=O)Nc1ccc(OC(=O)c2ccccc2O)cc1. The number of rotatable bonds is 3. The third-order valence-corrected chi connectivity index (χ3v) is 11.2. The van der Waals surface area contributed by atoms with E-state index in [1.54, 1.807) is 42.0 Å². The summed E-state index contributed by atoms with van der Waals surface area (Å²) in [6.07, 6.45) is 17.4. The molecule has 3 fully saturated rings. The molecule has 1 aromatic heterocycles. The van der Waals surface area contributed by atoms with Crippen LogP contribution in [0.15, 0.2) is 64.8 Å². The molecular formula is C37H40N2O6. The minimum Gasteiger partial charge on any atom is -0.507 e. The maximum absolute atomic E-state index is 11.8. The van der Waals surface area contributed by atoms with Crippen molar-refractivity contribution in [2.45, 2.75) is 71.3 Å². The van der Waals surface area contributed by atoms with Gasteiger partial charge in [-0.25, -0.2) is 4.79 Å². The number of hydrogen-bond donors (Lipinski definition) is 3. The smallest absolute Gasteiger partial charge is 0.347 e. The van der Waals surface area contributed by atoms with Gasteiger partial charge in [0.1, 0.15) is 22.7 Å². The lowest BCUT2D eigenvalue weighted by Crippen LogP contribution is -2.54. The van der Waals surface area contributed by atoms with Crippen LogP contribution in [0.1, 0.15) is 81.0 Å². The van der Waals surface area contributed by atoms with Crippen molar-refractivity contribution in [1.82, 2.24) is 5.16 Å². The number of aliphatic hydroxyl groups is 1. The molecule has 4 aliphatic rings. The van der Waals surface area contributed by atoms with Crippen molar-refractivity contribution in [2.75, 3.05) is 5.32 Å². The molecule has 6 atom stereocenters. The Balaban J connectivity index is 0.000000164. The van der Waals surface area contributed by atoms with Crippen molar-refractivity contribution in [2.24, 2.45) is 28.6 Å². The van der Waals surface area contributed by atoms with Gasteiger partial charge in [0.15, 0.2) is 5.76 Å². The predicted molar refractivity (Wildman–Crippen MR) is 170 cm³/mol. The number of amides is 1. The third kappa shape index (κ3) is 5.33. The number of para-hydroxylation sites is 1. The number of phenolic OH excluding ortho intramolecular Hbond substituents is 1. The molecule has 0 aliphatic heterocycles. The number of nitrogens with one attached hydrogen (secondary N) is 1. The van der Waals surface area contributed by atoms with E-state index in [0.29, 0.717) is 29.2 Å². The molecule has 3 N–H and O–H groups in total. The van der Waals surface area contributed by atoms with Crippen LogP contribution in [0.25, 0.3) is 6.08 Å². The number of fused-ring (bicyclic) bond motifs is 6. The number of aromatic hydroxyl groups is 1. The highest BCUT2D eigenvalue weighted by atomic mass is 16.5. The molecule has 6 unspecified atom stereocenters. The van der Waals surface area contributed by atoms with Gasteiger partial charge in [0.2, 0.25) is 5.91 Å². The number of hydrogen-bond acceptors (Lipinski definition) is 7. The molecule has 2 aromatic carbocycles. The summed E-state index contributed by atoms with van der Waals surface area (Å²) >= 11 is 0. The second-order valence-corrected chi connectivity index (χ2v) is 13.5. The van der Waals surface area contributed by atoms with Gasteiger partial charge in [-0.2, -0.15) is 0 Å². The van der Waals surface area contributed by atoms with Crippen LogP contribution in [0.3, 0.4) is 0 Å². The van der Waals surface area contributed by atoms with Crippen molar-refractivity contribution in [3.05, 3.63) is 77.2 Å². The molecule has 1 amide bonds. The van der Waals surface area contributed by atoms with Crippen molar-refractivity contribution >= 4 is 23.6 Å². The Morgan fingerprint density at radius 3 is 2.51 bits per heavy atom. The number of terminal acetylenes is 1. The molecule has 0 bridgehead atoms. The van der Waals surface area contributed by atoms with Gasteiger partial charge >= 0.3 is 5.97 Å². The number of carbonyl (C=O) groups excluding carboxylic acids is 2. The minimum absolute atomic E-state index is 0.0958. The molecule has 8 heteroatoms. The highest BCUT2D eigenvalue weighted by Gasteiger charge is 2.63. The van der Waals surface area contributed by atoms with Crippen molar-refractivity contribution in [1.29, 1.82) is 0 Å². The lowest BCUT2D eigenvalue weighted by atomic mass is 9.46. The van der Waals surface area contributed by atoms with E-state index in [-0.39, 0.29) is 28.1 Å². The van der Waals surface area contributed by atoms with Gasteiger partial charge < -0.3 is 24.8 Å². The lowest BCUT2D eigenvalue weighted by Gasteiger charge is -2.58. The highest BCUT2D eigenvalue weighted by molar-refractivity contribution is 5.94. The summed E-state index contributed by atoms with van der Waals surface area (Å²) in [7, 11) is 0. The number of esters is 1. The summed E-state index contributed by atoms with van der Waals surface area (Å²) in [5.41, 5.74) is 2.70. The largest absolute Gasteiger partial charge is 0.507 e. The molecule has 0 radical (unpaired) electrons. The van der Waals surface area contributed by atoms with E-state index in [9.17, 15) is 19.8 Å². The zero-order valence-electron chi connectivity index (χ0n) is 26.0. The Labute approximate surface area is 263 Å². The number of ether oxygens (including phenoxy) is 1. The maximum Gasteiger partial charge on any atom is 0.347 e. The maximum atomic E-state index is 11.8. The van der Waals surface area contributed by atoms with Crippen LogP contribution in [-0.4, -0.2) is 32.8 Å². The van der Waals surface area contributed by atoms with E-state index in [1.807, 2.05) is 6.20 Å². The number of nitrogens with zero attached hydrogens (tertiary/aromatic N) is 1. The molecular weight excluding hydrogens is 568 g/mol. The summed E-state index contributed by atoms with van der Waals surface area (Å²) < 4.78 is 10.6. The minimum atomic E-state index is -0.909. The Morgan fingerprint density at radius 2 is 1.80 bits per heavy atom. The molecule has 1 heterocycles. The fourth-order valence-electron chi connectivity index (χ4n) is 8.75. The van der Waals surface area contributed by atoms with E-state index in [1.165, 1.54) is 31.0 Å². The molecule has 3 saturated carbocycles. The summed E-state index contributed by atoms with van der Waals surface area (Å²) in [6, 6.07) is 12.5. The first-order valence-electron chi connectivity index (χ1n) is 15.7. The summed E-state index contributed by atoms with van der Waals surface area (Å²) in [4.78, 5) is 22.7. The van der Waals surface area contributed by atoms with Crippen LogP contribution < -0.4 is 10.1 Å². The summed E-state index contributed by atoms with van der Waals surface area (Å²) in [5.74, 6) is 5.01. The molecule has 45 heavy (non-hydrogen) atoms. The average Bonchev–Trinajstić information content (AvgIpc) is 3.57. The molecule has 0 saturated heterocycles. The van der Waals surface area contributed by atoms with Crippen LogP contribution in [0.2, 0.25) is 0 Å². The predicted octanol–water partition coefficient (Wildman–Crippen LogP) is 6.79. The molecule has 4 aliphatic carbocycles. The number of phenols is 1. The molecule has 0 spiro atoms. The third-order valence-electron chi connectivity index (χ3n) is 11.2. The van der Waals surface area contributed by atoms with Crippen LogP contribution in [0.4, 0.5) is 5.69 Å². The zero-order chi connectivity index (χ0) is 32.0. The first-order valence-corrected chi connectivity index (χ1v) is 15.7.